The molecule has 1 fully saturated rings. The number of anilines is 2. The van der Waals surface area contributed by atoms with Crippen LogP contribution in [0, 0.1) is 17.2 Å². The van der Waals surface area contributed by atoms with Crippen LogP contribution in [0.4, 0.5) is 11.5 Å². The molecule has 1 saturated heterocycles. The van der Waals surface area contributed by atoms with E-state index in [1.165, 1.54) is 6.42 Å². The van der Waals surface area contributed by atoms with E-state index in [0.29, 0.717) is 33.9 Å². The summed E-state index contributed by atoms with van der Waals surface area (Å²) in [5, 5.41) is 10.7. The van der Waals surface area contributed by atoms with E-state index >= 15 is 0 Å². The van der Waals surface area contributed by atoms with Crippen molar-refractivity contribution >= 4 is 34.7 Å². The molecule has 0 radical (unpaired) electrons. The van der Waals surface area contributed by atoms with Gasteiger partial charge in [0.2, 0.25) is 0 Å². The highest BCUT2D eigenvalue weighted by atomic mass is 35.5. The number of nitrogens with zero attached hydrogens (tertiary/aromatic N) is 3. The molecule has 0 aliphatic carbocycles. The fourth-order valence-corrected chi connectivity index (χ4v) is 3.84. The van der Waals surface area contributed by atoms with Crippen molar-refractivity contribution in [2.75, 3.05) is 23.7 Å². The number of hydrogen-bond donors (Lipinski definition) is 1. The van der Waals surface area contributed by atoms with Crippen molar-refractivity contribution in [1.29, 1.82) is 5.26 Å². The molecule has 0 saturated carbocycles. The van der Waals surface area contributed by atoms with Crippen LogP contribution in [0.25, 0.3) is 0 Å². The summed E-state index contributed by atoms with van der Waals surface area (Å²) in [7, 11) is 0. The van der Waals surface area contributed by atoms with Gasteiger partial charge in [-0.05, 0) is 42.5 Å². The second-order valence-electron chi connectivity index (χ2n) is 6.44. The van der Waals surface area contributed by atoms with Crippen LogP contribution in [-0.4, -0.2) is 17.7 Å². The third kappa shape index (κ3) is 3.33. The van der Waals surface area contributed by atoms with Gasteiger partial charge in [0.25, 0.3) is 0 Å². The Kier molecular flexibility index (Phi) is 4.93. The lowest BCUT2D eigenvalue weighted by atomic mass is 10.0. The van der Waals surface area contributed by atoms with Crippen LogP contribution in [0.3, 0.4) is 0 Å². The minimum absolute atomic E-state index is 0.496. The zero-order chi connectivity index (χ0) is 17.3. The van der Waals surface area contributed by atoms with E-state index in [2.05, 4.69) is 17.9 Å². The Morgan fingerprint density at radius 2 is 2.12 bits per heavy atom. The highest BCUT2D eigenvalue weighted by molar-refractivity contribution is 6.35. The normalized spacial score (nSPS) is 17.8. The van der Waals surface area contributed by atoms with E-state index in [0.717, 1.165) is 30.9 Å². The van der Waals surface area contributed by atoms with Crippen LogP contribution in [0.15, 0.2) is 24.3 Å². The monoisotopic (exact) mass is 362 g/mol. The molecule has 6 heteroatoms. The zero-order valence-electron chi connectivity index (χ0n) is 13.6. The summed E-state index contributed by atoms with van der Waals surface area (Å²) < 4.78 is 1.96. The smallest absolute Gasteiger partial charge is 0.133 e. The van der Waals surface area contributed by atoms with Crippen molar-refractivity contribution in [2.24, 2.45) is 5.92 Å². The molecule has 0 amide bonds. The van der Waals surface area contributed by atoms with Crippen LogP contribution in [-0.2, 0) is 6.54 Å². The van der Waals surface area contributed by atoms with Crippen LogP contribution in [0.5, 0.6) is 0 Å². The van der Waals surface area contributed by atoms with E-state index in [4.69, 9.17) is 28.9 Å². The van der Waals surface area contributed by atoms with Crippen molar-refractivity contribution in [1.82, 2.24) is 4.57 Å². The third-order valence-corrected chi connectivity index (χ3v) is 5.10. The molecule has 1 aromatic heterocycles. The predicted molar refractivity (Wildman–Crippen MR) is 99.7 cm³/mol. The molecule has 1 aromatic carbocycles. The summed E-state index contributed by atoms with van der Waals surface area (Å²) in [5.41, 5.74) is 8.35. The maximum atomic E-state index is 9.50. The number of rotatable bonds is 3. The standard InChI is InChI=1S/C18H20Cl2N4/c1-12-3-2-6-23(10-12)18-17(22)8-15(9-21)24(18)11-13-4-5-14(19)7-16(13)20/h4-5,7-8,12H,2-3,6,10-11,22H2,1H3. The average molecular weight is 363 g/mol. The van der Waals surface area contributed by atoms with Gasteiger partial charge in [0.1, 0.15) is 17.6 Å². The quantitative estimate of drug-likeness (QED) is 0.871. The molecule has 4 nitrogen and oxygen atoms in total. The van der Waals surface area contributed by atoms with Gasteiger partial charge in [-0.1, -0.05) is 36.2 Å². The lowest BCUT2D eigenvalue weighted by Gasteiger charge is -2.34. The molecule has 1 unspecified atom stereocenters. The first kappa shape index (κ1) is 17.0. The van der Waals surface area contributed by atoms with Gasteiger partial charge in [-0.2, -0.15) is 5.26 Å². The van der Waals surface area contributed by atoms with Crippen molar-refractivity contribution in [2.45, 2.75) is 26.3 Å². The molecular weight excluding hydrogens is 343 g/mol. The van der Waals surface area contributed by atoms with Gasteiger partial charge < -0.3 is 15.2 Å². The molecule has 2 N–H and O–H groups in total. The van der Waals surface area contributed by atoms with Crippen LogP contribution < -0.4 is 10.6 Å². The maximum Gasteiger partial charge on any atom is 0.133 e. The fourth-order valence-electron chi connectivity index (χ4n) is 3.37. The molecule has 126 valence electrons. The number of nitriles is 1. The highest BCUT2D eigenvalue weighted by Gasteiger charge is 2.24. The number of nitrogens with two attached hydrogens (primary N) is 1. The Bertz CT molecular complexity index is 791. The molecule has 1 aliphatic rings. The Labute approximate surface area is 152 Å². The Morgan fingerprint density at radius 3 is 2.79 bits per heavy atom. The van der Waals surface area contributed by atoms with Gasteiger partial charge in [0.15, 0.2) is 0 Å². The molecule has 1 atom stereocenters. The molecule has 2 heterocycles. The highest BCUT2D eigenvalue weighted by Crippen LogP contribution is 2.33. The Hall–Kier alpha value is -1.83. The summed E-state index contributed by atoms with van der Waals surface area (Å²) in [4.78, 5) is 2.29. The number of aromatic nitrogens is 1. The van der Waals surface area contributed by atoms with Gasteiger partial charge in [0, 0.05) is 23.1 Å². The van der Waals surface area contributed by atoms with Crippen LogP contribution in [0.2, 0.25) is 10.0 Å². The Balaban J connectivity index is 2.01. The van der Waals surface area contributed by atoms with Gasteiger partial charge in [0.05, 0.1) is 12.2 Å². The first-order chi connectivity index (χ1) is 11.5. The van der Waals surface area contributed by atoms with E-state index in [1.54, 1.807) is 12.1 Å². The topological polar surface area (TPSA) is 58.0 Å². The minimum atomic E-state index is 0.496. The van der Waals surface area contributed by atoms with Crippen LogP contribution in [0.1, 0.15) is 31.0 Å². The van der Waals surface area contributed by atoms with Crippen molar-refractivity contribution in [3.63, 3.8) is 0 Å². The molecule has 1 aliphatic heterocycles. The second kappa shape index (κ2) is 6.96. The second-order valence-corrected chi connectivity index (χ2v) is 7.28. The third-order valence-electron chi connectivity index (χ3n) is 4.51. The largest absolute Gasteiger partial charge is 0.396 e. The van der Waals surface area contributed by atoms with Crippen LogP contribution >= 0.6 is 23.2 Å². The first-order valence-electron chi connectivity index (χ1n) is 8.07. The summed E-state index contributed by atoms with van der Waals surface area (Å²) >= 11 is 12.3. The summed E-state index contributed by atoms with van der Waals surface area (Å²) in [6, 6.07) is 9.42. The van der Waals surface area contributed by atoms with Crippen molar-refractivity contribution in [3.05, 3.63) is 45.6 Å². The van der Waals surface area contributed by atoms with E-state index < -0.39 is 0 Å². The molecule has 2 aromatic rings. The summed E-state index contributed by atoms with van der Waals surface area (Å²) in [6.07, 6.45) is 2.36. The van der Waals surface area contributed by atoms with Gasteiger partial charge in [-0.25, -0.2) is 0 Å². The van der Waals surface area contributed by atoms with E-state index in [1.807, 2.05) is 16.7 Å². The number of hydrogen-bond acceptors (Lipinski definition) is 3. The molecular formula is C18H20Cl2N4. The predicted octanol–water partition coefficient (Wildman–Crippen LogP) is 4.53. The fraction of sp³-hybridized carbons (Fsp3) is 0.389. The Morgan fingerprint density at radius 1 is 1.33 bits per heavy atom. The van der Waals surface area contributed by atoms with E-state index in [-0.39, 0.29) is 0 Å². The van der Waals surface area contributed by atoms with Gasteiger partial charge in [-0.3, -0.25) is 0 Å². The number of piperidine rings is 1. The molecule has 24 heavy (non-hydrogen) atoms. The number of benzene rings is 1. The maximum absolute atomic E-state index is 9.50. The number of nitrogen functional groups attached to an aromatic ring is 1. The minimum Gasteiger partial charge on any atom is -0.396 e. The van der Waals surface area contributed by atoms with E-state index in [9.17, 15) is 5.26 Å². The summed E-state index contributed by atoms with van der Waals surface area (Å²) in [6.45, 7) is 4.65. The average Bonchev–Trinajstić information content (AvgIpc) is 2.85. The SMILES string of the molecule is CC1CCCN(c2c(N)cc(C#N)n2Cc2ccc(Cl)cc2Cl)C1. The lowest BCUT2D eigenvalue weighted by Crippen LogP contribution is -2.36. The van der Waals surface area contributed by atoms with Gasteiger partial charge in [-0.15, -0.1) is 0 Å². The van der Waals surface area contributed by atoms with Gasteiger partial charge >= 0.3 is 0 Å². The molecule has 3 rings (SSSR count). The zero-order valence-corrected chi connectivity index (χ0v) is 15.1. The summed E-state index contributed by atoms with van der Waals surface area (Å²) in [5.74, 6) is 1.54. The molecule has 0 bridgehead atoms. The first-order valence-corrected chi connectivity index (χ1v) is 8.83. The molecule has 0 spiro atoms. The lowest BCUT2D eigenvalue weighted by molar-refractivity contribution is 0.441. The van der Waals surface area contributed by atoms with Crippen molar-refractivity contribution < 1.29 is 0 Å². The van der Waals surface area contributed by atoms with Crippen molar-refractivity contribution in [3.8, 4) is 6.07 Å². The number of halogens is 2.